The van der Waals surface area contributed by atoms with Crippen LogP contribution in [0.3, 0.4) is 0 Å². The van der Waals surface area contributed by atoms with Gasteiger partial charge in [0.2, 0.25) is 11.8 Å². The van der Waals surface area contributed by atoms with Crippen molar-refractivity contribution in [2.45, 2.75) is 25.7 Å². The topological polar surface area (TPSA) is 64.7 Å². The van der Waals surface area contributed by atoms with Gasteiger partial charge in [0.05, 0.1) is 0 Å². The van der Waals surface area contributed by atoms with Gasteiger partial charge in [-0.2, -0.15) is 0 Å². The van der Waals surface area contributed by atoms with Crippen molar-refractivity contribution in [3.63, 3.8) is 0 Å². The minimum atomic E-state index is 0.212. The third kappa shape index (κ3) is 4.88. The van der Waals surface area contributed by atoms with Crippen molar-refractivity contribution in [2.75, 3.05) is 39.3 Å². The first kappa shape index (κ1) is 17.1. The maximum Gasteiger partial charge on any atom is 0.222 e. The number of nitrogens with one attached hydrogen (secondary N) is 2. The summed E-state index contributed by atoms with van der Waals surface area (Å²) < 4.78 is 0. The average Bonchev–Trinajstić information content (AvgIpc) is 3.08. The Hall–Kier alpha value is -1.28. The van der Waals surface area contributed by atoms with Crippen molar-refractivity contribution in [2.24, 2.45) is 0 Å². The van der Waals surface area contributed by atoms with Crippen LogP contribution < -0.4 is 10.6 Å². The summed E-state index contributed by atoms with van der Waals surface area (Å²) in [5.41, 5.74) is 0. The molecule has 0 bridgehead atoms. The molecule has 0 aromatic heterocycles. The van der Waals surface area contributed by atoms with Crippen LogP contribution in [0.15, 0.2) is 0 Å². The lowest BCUT2D eigenvalue weighted by Gasteiger charge is -2.18. The largest absolute Gasteiger partial charge is 0.372 e. The van der Waals surface area contributed by atoms with E-state index in [0.29, 0.717) is 49.0 Å². The van der Waals surface area contributed by atoms with Crippen molar-refractivity contribution in [1.29, 1.82) is 0 Å². The van der Waals surface area contributed by atoms with E-state index < -0.39 is 0 Å². The molecule has 0 unspecified atom stereocenters. The SMILES string of the molecule is O=C1CCCN1CCNC(=S)C(=S)NCCN1CCCC1=O. The molecule has 6 nitrogen and oxygen atoms in total. The van der Waals surface area contributed by atoms with Crippen LogP contribution >= 0.6 is 24.4 Å². The highest BCUT2D eigenvalue weighted by molar-refractivity contribution is 7.89. The van der Waals surface area contributed by atoms with Crippen molar-refractivity contribution >= 4 is 46.2 Å². The van der Waals surface area contributed by atoms with E-state index in [-0.39, 0.29) is 11.8 Å². The number of hydrogen-bond donors (Lipinski definition) is 2. The number of carbonyl (C=O) groups excluding carboxylic acids is 2. The summed E-state index contributed by atoms with van der Waals surface area (Å²) in [5.74, 6) is 0.424. The van der Waals surface area contributed by atoms with Crippen LogP contribution in [-0.4, -0.2) is 70.9 Å². The first-order chi connectivity index (χ1) is 10.6. The standard InChI is InChI=1S/C14H22N4O2S2/c19-11-3-1-7-17(11)9-5-15-13(21)14(22)16-6-10-18-8-2-4-12(18)20/h1-10H2,(H,15,21)(H,16,22). The van der Waals surface area contributed by atoms with Crippen LogP contribution in [0, 0.1) is 0 Å². The van der Waals surface area contributed by atoms with Gasteiger partial charge in [-0.15, -0.1) is 0 Å². The van der Waals surface area contributed by atoms with Gasteiger partial charge in [-0.1, -0.05) is 24.4 Å². The zero-order valence-electron chi connectivity index (χ0n) is 12.6. The first-order valence-electron chi connectivity index (χ1n) is 7.69. The highest BCUT2D eigenvalue weighted by atomic mass is 32.1. The maximum absolute atomic E-state index is 11.5. The minimum absolute atomic E-state index is 0.212. The molecule has 0 aromatic carbocycles. The van der Waals surface area contributed by atoms with Crippen LogP contribution in [0.1, 0.15) is 25.7 Å². The molecule has 2 heterocycles. The third-order valence-corrected chi connectivity index (χ3v) is 4.71. The van der Waals surface area contributed by atoms with Crippen molar-refractivity contribution in [3.05, 3.63) is 0 Å². The molecule has 2 amide bonds. The van der Waals surface area contributed by atoms with E-state index in [9.17, 15) is 9.59 Å². The number of thiocarbonyl (C=S) groups is 2. The molecule has 2 N–H and O–H groups in total. The van der Waals surface area contributed by atoms with E-state index in [1.165, 1.54) is 0 Å². The number of hydrogen-bond acceptors (Lipinski definition) is 4. The number of likely N-dealkylation sites (tertiary alicyclic amines) is 2. The van der Waals surface area contributed by atoms with Gasteiger partial charge in [0.1, 0.15) is 9.98 Å². The van der Waals surface area contributed by atoms with E-state index in [1.54, 1.807) is 0 Å². The molecule has 0 atom stereocenters. The van der Waals surface area contributed by atoms with E-state index in [4.69, 9.17) is 24.4 Å². The van der Waals surface area contributed by atoms with Crippen LogP contribution in [0.25, 0.3) is 0 Å². The zero-order chi connectivity index (χ0) is 15.9. The number of carbonyl (C=O) groups is 2. The first-order valence-corrected chi connectivity index (χ1v) is 8.51. The van der Waals surface area contributed by atoms with Gasteiger partial charge in [0.25, 0.3) is 0 Å². The predicted octanol–water partition coefficient (Wildman–Crippen LogP) is 0.0652. The van der Waals surface area contributed by atoms with Gasteiger partial charge >= 0.3 is 0 Å². The van der Waals surface area contributed by atoms with E-state index >= 15 is 0 Å². The lowest BCUT2D eigenvalue weighted by molar-refractivity contribution is -0.128. The molecule has 0 spiro atoms. The van der Waals surface area contributed by atoms with Gasteiger partial charge in [0, 0.05) is 52.1 Å². The summed E-state index contributed by atoms with van der Waals surface area (Å²) in [6.07, 6.45) is 3.19. The summed E-state index contributed by atoms with van der Waals surface area (Å²) >= 11 is 10.4. The molecule has 2 aliphatic rings. The summed E-state index contributed by atoms with van der Waals surface area (Å²) in [4.78, 5) is 27.6. The van der Waals surface area contributed by atoms with Crippen molar-refractivity contribution < 1.29 is 9.59 Å². The Balaban J connectivity index is 1.57. The quantitative estimate of drug-likeness (QED) is 0.666. The molecule has 0 aromatic rings. The lowest BCUT2D eigenvalue weighted by atomic mass is 10.4. The van der Waals surface area contributed by atoms with Crippen LogP contribution in [-0.2, 0) is 9.59 Å². The average molecular weight is 342 g/mol. The van der Waals surface area contributed by atoms with E-state index in [1.807, 2.05) is 9.80 Å². The number of rotatable bonds is 6. The Labute approximate surface area is 141 Å². The van der Waals surface area contributed by atoms with Gasteiger partial charge in [-0.05, 0) is 12.8 Å². The highest BCUT2D eigenvalue weighted by Gasteiger charge is 2.20. The second-order valence-corrected chi connectivity index (χ2v) is 6.30. The third-order valence-electron chi connectivity index (χ3n) is 3.88. The fourth-order valence-corrected chi connectivity index (χ4v) is 3.00. The minimum Gasteiger partial charge on any atom is -0.372 e. The molecule has 0 saturated carbocycles. The molecule has 2 saturated heterocycles. The second-order valence-electron chi connectivity index (χ2n) is 5.48. The molecule has 122 valence electrons. The Bertz CT molecular complexity index is 428. The van der Waals surface area contributed by atoms with E-state index in [0.717, 1.165) is 25.9 Å². The highest BCUT2D eigenvalue weighted by Crippen LogP contribution is 2.08. The fourth-order valence-electron chi connectivity index (χ4n) is 2.65. The Morgan fingerprint density at radius 2 is 1.27 bits per heavy atom. The fraction of sp³-hybridized carbons (Fsp3) is 0.714. The van der Waals surface area contributed by atoms with Gasteiger partial charge in [0.15, 0.2) is 0 Å². The molecular weight excluding hydrogens is 320 g/mol. The molecule has 0 radical (unpaired) electrons. The van der Waals surface area contributed by atoms with Gasteiger partial charge in [-0.3, -0.25) is 9.59 Å². The smallest absolute Gasteiger partial charge is 0.222 e. The summed E-state index contributed by atoms with van der Waals surface area (Å²) in [6, 6.07) is 0. The molecular formula is C14H22N4O2S2. The summed E-state index contributed by atoms with van der Waals surface area (Å²) in [6.45, 7) is 4.20. The molecule has 8 heteroatoms. The summed E-state index contributed by atoms with van der Waals surface area (Å²) in [7, 11) is 0. The molecule has 2 fully saturated rings. The Kier molecular flexibility index (Phi) is 6.50. The molecule has 2 aliphatic heterocycles. The van der Waals surface area contributed by atoms with Gasteiger partial charge in [-0.25, -0.2) is 0 Å². The van der Waals surface area contributed by atoms with Crippen molar-refractivity contribution in [1.82, 2.24) is 20.4 Å². The maximum atomic E-state index is 11.5. The van der Waals surface area contributed by atoms with Gasteiger partial charge < -0.3 is 20.4 Å². The van der Waals surface area contributed by atoms with Crippen LogP contribution in [0.2, 0.25) is 0 Å². The molecule has 0 aliphatic carbocycles. The number of amides is 2. The molecule has 2 rings (SSSR count). The predicted molar refractivity (Wildman–Crippen MR) is 92.8 cm³/mol. The van der Waals surface area contributed by atoms with Crippen molar-refractivity contribution in [3.8, 4) is 0 Å². The monoisotopic (exact) mass is 342 g/mol. The summed E-state index contributed by atoms with van der Waals surface area (Å²) in [5, 5.41) is 6.14. The second kappa shape index (κ2) is 8.38. The normalized spacial score (nSPS) is 18.0. The molecule has 22 heavy (non-hydrogen) atoms. The lowest BCUT2D eigenvalue weighted by Crippen LogP contribution is -2.43. The van der Waals surface area contributed by atoms with E-state index in [2.05, 4.69) is 10.6 Å². The van der Waals surface area contributed by atoms with Crippen LogP contribution in [0.5, 0.6) is 0 Å². The zero-order valence-corrected chi connectivity index (χ0v) is 14.2. The van der Waals surface area contributed by atoms with Crippen LogP contribution in [0.4, 0.5) is 0 Å². The Morgan fingerprint density at radius 3 is 1.59 bits per heavy atom. The number of nitrogens with zero attached hydrogens (tertiary/aromatic N) is 2. The Morgan fingerprint density at radius 1 is 0.864 bits per heavy atom.